The Bertz CT molecular complexity index is 779. The van der Waals surface area contributed by atoms with Crippen LogP contribution in [-0.4, -0.2) is 41.1 Å². The fourth-order valence-electron chi connectivity index (χ4n) is 2.79. The largest absolute Gasteiger partial charge is 0.464 e. The van der Waals surface area contributed by atoms with E-state index in [0.717, 1.165) is 50.3 Å². The van der Waals surface area contributed by atoms with Gasteiger partial charge in [-0.3, -0.25) is 4.99 Å². The molecule has 2 aliphatic heterocycles. The van der Waals surface area contributed by atoms with Crippen LogP contribution in [0.1, 0.15) is 5.56 Å². The summed E-state index contributed by atoms with van der Waals surface area (Å²) in [4.78, 5) is 8.84. The van der Waals surface area contributed by atoms with E-state index in [9.17, 15) is 5.11 Å². The number of fused-ring (bicyclic) bond motifs is 2. The molecule has 0 aliphatic carbocycles. The van der Waals surface area contributed by atoms with Crippen molar-refractivity contribution in [2.75, 3.05) is 26.0 Å². The van der Waals surface area contributed by atoms with Gasteiger partial charge in [-0.15, -0.1) is 11.8 Å². The average Bonchev–Trinajstić information content (AvgIpc) is 3.20. The van der Waals surface area contributed by atoms with Crippen LogP contribution in [0, 0.1) is 0 Å². The molecule has 0 fully saturated rings. The number of benzene rings is 1. The lowest BCUT2D eigenvalue weighted by Gasteiger charge is -2.18. The summed E-state index contributed by atoms with van der Waals surface area (Å²) in [5.41, 5.74) is 3.09. The monoisotopic (exact) mass is 318 g/mol. The fourth-order valence-corrected chi connectivity index (χ4v) is 4.30. The summed E-state index contributed by atoms with van der Waals surface area (Å²) in [5, 5.41) is 11.8. The van der Waals surface area contributed by atoms with Gasteiger partial charge in [0.25, 0.3) is 0 Å². The van der Waals surface area contributed by atoms with E-state index < -0.39 is 0 Å². The Morgan fingerprint density at radius 3 is 3.19 bits per heavy atom. The quantitative estimate of drug-likeness (QED) is 0.881. The van der Waals surface area contributed by atoms with Gasteiger partial charge in [0.05, 0.1) is 25.1 Å². The summed E-state index contributed by atoms with van der Waals surface area (Å²) >= 11 is 3.27. The number of aliphatic hydroxyl groups excluding tert-OH is 1. The zero-order valence-electron chi connectivity index (χ0n) is 11.5. The first-order valence-corrected chi connectivity index (χ1v) is 8.75. The van der Waals surface area contributed by atoms with Crippen molar-refractivity contribution in [1.29, 1.82) is 0 Å². The lowest BCUT2D eigenvalue weighted by atomic mass is 10.1. The van der Waals surface area contributed by atoms with Crippen molar-refractivity contribution in [2.24, 2.45) is 4.99 Å². The number of rotatable bonds is 3. The van der Waals surface area contributed by atoms with Crippen LogP contribution >= 0.6 is 23.5 Å². The van der Waals surface area contributed by atoms with Gasteiger partial charge < -0.3 is 14.4 Å². The van der Waals surface area contributed by atoms with E-state index in [2.05, 4.69) is 28.3 Å². The van der Waals surface area contributed by atoms with Gasteiger partial charge in [0.1, 0.15) is 5.58 Å². The molecule has 4 nitrogen and oxygen atoms in total. The molecule has 2 aromatic rings. The normalized spacial score (nSPS) is 17.8. The maximum absolute atomic E-state index is 9.71. The molecule has 0 spiro atoms. The van der Waals surface area contributed by atoms with E-state index in [0.29, 0.717) is 0 Å². The van der Waals surface area contributed by atoms with E-state index in [1.807, 2.05) is 6.07 Å². The Balaban J connectivity index is 1.96. The molecule has 2 aliphatic rings. The molecule has 0 radical (unpaired) electrons. The number of thioether (sulfide) groups is 2. The highest BCUT2D eigenvalue weighted by Crippen LogP contribution is 2.44. The maximum atomic E-state index is 9.71. The van der Waals surface area contributed by atoms with Gasteiger partial charge in [-0.25, -0.2) is 0 Å². The van der Waals surface area contributed by atoms with Gasteiger partial charge in [-0.05, 0) is 24.5 Å². The first kappa shape index (κ1) is 13.3. The van der Waals surface area contributed by atoms with Crippen LogP contribution in [0.4, 0.5) is 0 Å². The van der Waals surface area contributed by atoms with Crippen LogP contribution in [-0.2, 0) is 0 Å². The Morgan fingerprint density at radius 1 is 1.48 bits per heavy atom. The predicted octanol–water partition coefficient (Wildman–Crippen LogP) is 3.23. The van der Waals surface area contributed by atoms with Gasteiger partial charge in [0, 0.05) is 27.3 Å². The SMILES string of the molecule is CSc1cc(C2=C(CO)SC3=NCCN32)c2ccoc2c1. The van der Waals surface area contributed by atoms with Crippen LogP contribution in [0.25, 0.3) is 16.7 Å². The minimum Gasteiger partial charge on any atom is -0.464 e. The molecule has 1 N–H and O–H groups in total. The molecule has 4 rings (SSSR count). The zero-order valence-corrected chi connectivity index (χ0v) is 13.1. The molecular weight excluding hydrogens is 304 g/mol. The Hall–Kier alpha value is -1.37. The number of aliphatic imine (C=N–C) groups is 1. The molecule has 0 atom stereocenters. The number of nitrogens with zero attached hydrogens (tertiary/aromatic N) is 2. The van der Waals surface area contributed by atoms with Crippen LogP contribution in [0.3, 0.4) is 0 Å². The lowest BCUT2D eigenvalue weighted by molar-refractivity contribution is 0.339. The molecule has 3 heterocycles. The van der Waals surface area contributed by atoms with Crippen molar-refractivity contribution in [3.8, 4) is 0 Å². The second kappa shape index (κ2) is 5.12. The third kappa shape index (κ3) is 2.01. The smallest absolute Gasteiger partial charge is 0.168 e. The van der Waals surface area contributed by atoms with Crippen molar-refractivity contribution in [2.45, 2.75) is 4.90 Å². The summed E-state index contributed by atoms with van der Waals surface area (Å²) in [6.07, 6.45) is 3.78. The summed E-state index contributed by atoms with van der Waals surface area (Å²) in [5.74, 6) is 0. The topological polar surface area (TPSA) is 49.0 Å². The van der Waals surface area contributed by atoms with Crippen LogP contribution in [0.5, 0.6) is 0 Å². The van der Waals surface area contributed by atoms with Crippen LogP contribution in [0.2, 0.25) is 0 Å². The summed E-state index contributed by atoms with van der Waals surface area (Å²) in [6.45, 7) is 1.74. The number of hydrogen-bond donors (Lipinski definition) is 1. The minimum atomic E-state index is 0.0400. The highest BCUT2D eigenvalue weighted by atomic mass is 32.2. The highest BCUT2D eigenvalue weighted by Gasteiger charge is 2.33. The first-order valence-electron chi connectivity index (χ1n) is 6.71. The van der Waals surface area contributed by atoms with Crippen LogP contribution in [0.15, 0.2) is 43.7 Å². The minimum absolute atomic E-state index is 0.0400. The third-order valence-corrected chi connectivity index (χ3v) is 5.54. The third-order valence-electron chi connectivity index (χ3n) is 3.73. The van der Waals surface area contributed by atoms with E-state index >= 15 is 0 Å². The molecule has 108 valence electrons. The summed E-state index contributed by atoms with van der Waals surface area (Å²) < 4.78 is 5.59. The van der Waals surface area contributed by atoms with Gasteiger partial charge in [-0.1, -0.05) is 11.8 Å². The van der Waals surface area contributed by atoms with Gasteiger partial charge in [0.2, 0.25) is 0 Å². The molecule has 6 heteroatoms. The van der Waals surface area contributed by atoms with Crippen molar-refractivity contribution in [1.82, 2.24) is 4.90 Å². The Morgan fingerprint density at radius 2 is 2.38 bits per heavy atom. The molecule has 0 saturated heterocycles. The molecule has 1 aromatic heterocycles. The highest BCUT2D eigenvalue weighted by molar-refractivity contribution is 8.17. The molecule has 0 bridgehead atoms. The number of hydrogen-bond acceptors (Lipinski definition) is 6. The number of furan rings is 1. The van der Waals surface area contributed by atoms with E-state index in [-0.39, 0.29) is 6.61 Å². The van der Waals surface area contributed by atoms with Gasteiger partial charge >= 0.3 is 0 Å². The standard InChI is InChI=1S/C15H14N2O2S2/c1-20-9-6-11(10-2-5-19-12(10)7-9)14-13(8-18)21-15-16-3-4-17(14)15/h2,5-7,18H,3-4,8H2,1H3. The average molecular weight is 318 g/mol. The zero-order chi connectivity index (χ0) is 14.4. The van der Waals surface area contributed by atoms with Crippen molar-refractivity contribution in [3.63, 3.8) is 0 Å². The summed E-state index contributed by atoms with van der Waals surface area (Å²) in [6, 6.07) is 6.23. The second-order valence-electron chi connectivity index (χ2n) is 4.86. The maximum Gasteiger partial charge on any atom is 0.168 e. The molecule has 0 amide bonds. The van der Waals surface area contributed by atoms with Crippen molar-refractivity contribution in [3.05, 3.63) is 34.9 Å². The first-order chi connectivity index (χ1) is 10.3. The van der Waals surface area contributed by atoms with Crippen molar-refractivity contribution >= 4 is 45.4 Å². The van der Waals surface area contributed by atoms with Gasteiger partial charge in [-0.2, -0.15) is 0 Å². The molecular formula is C15H14N2O2S2. The molecule has 21 heavy (non-hydrogen) atoms. The number of aliphatic hydroxyl groups is 1. The Labute approximate surface area is 130 Å². The van der Waals surface area contributed by atoms with Crippen LogP contribution < -0.4 is 0 Å². The molecule has 0 saturated carbocycles. The lowest BCUT2D eigenvalue weighted by Crippen LogP contribution is -2.20. The predicted molar refractivity (Wildman–Crippen MR) is 88.6 cm³/mol. The molecule has 0 unspecified atom stereocenters. The van der Waals surface area contributed by atoms with Crippen molar-refractivity contribution < 1.29 is 9.52 Å². The second-order valence-corrected chi connectivity index (χ2v) is 6.80. The van der Waals surface area contributed by atoms with E-state index in [1.165, 1.54) is 0 Å². The van der Waals surface area contributed by atoms with Gasteiger partial charge in [0.15, 0.2) is 5.17 Å². The Kier molecular flexibility index (Phi) is 3.24. The summed E-state index contributed by atoms with van der Waals surface area (Å²) in [7, 11) is 0. The number of amidine groups is 1. The molecule has 1 aromatic carbocycles. The van der Waals surface area contributed by atoms with E-state index in [1.54, 1.807) is 29.8 Å². The fraction of sp³-hybridized carbons (Fsp3) is 0.267. The van der Waals surface area contributed by atoms with E-state index in [4.69, 9.17) is 4.42 Å².